The maximum absolute atomic E-state index is 11.3. The third kappa shape index (κ3) is 1.92. The molecule has 1 heterocycles. The van der Waals surface area contributed by atoms with E-state index in [1.54, 1.807) is 0 Å². The van der Waals surface area contributed by atoms with Crippen molar-refractivity contribution >= 4 is 34.3 Å². The normalized spacial score (nSPS) is 11.0. The van der Waals surface area contributed by atoms with Crippen molar-refractivity contribution in [1.29, 1.82) is 5.41 Å². The predicted molar refractivity (Wildman–Crippen MR) is 81.6 cm³/mol. The van der Waals surface area contributed by atoms with Crippen LogP contribution in [0.1, 0.15) is 21.5 Å². The molecule has 1 aromatic heterocycles. The highest BCUT2D eigenvalue weighted by molar-refractivity contribution is 6.08. The Morgan fingerprint density at radius 2 is 1.70 bits per heavy atom. The van der Waals surface area contributed by atoms with Gasteiger partial charge in [-0.1, -0.05) is 0 Å². The van der Waals surface area contributed by atoms with Crippen molar-refractivity contribution in [1.82, 2.24) is 9.97 Å². The Bertz CT molecular complexity index is 1010. The first kappa shape index (κ1) is 14.5. The zero-order chi connectivity index (χ0) is 16.9. The maximum atomic E-state index is 11.3. The fourth-order valence-electron chi connectivity index (χ4n) is 2.39. The van der Waals surface area contributed by atoms with E-state index in [0.29, 0.717) is 0 Å². The Morgan fingerprint density at radius 3 is 2.30 bits per heavy atom. The Balaban J connectivity index is 2.62. The van der Waals surface area contributed by atoms with Gasteiger partial charge in [0.25, 0.3) is 0 Å². The number of hydrogen-bond acceptors (Lipinski definition) is 7. The molecule has 0 radical (unpaired) electrons. The number of fused-ring (bicyclic) bond motifs is 2. The summed E-state index contributed by atoms with van der Waals surface area (Å²) in [7, 11) is 0. The molecule has 3 rings (SSSR count). The molecule has 0 spiro atoms. The van der Waals surface area contributed by atoms with E-state index < -0.39 is 5.97 Å². The largest absolute Gasteiger partial charge is 0.507 e. The van der Waals surface area contributed by atoms with Gasteiger partial charge in [0.1, 0.15) is 39.3 Å². The summed E-state index contributed by atoms with van der Waals surface area (Å²) in [6, 6.07) is 2.35. The van der Waals surface area contributed by atoms with Crippen LogP contribution in [0.3, 0.4) is 0 Å². The third-order valence-corrected chi connectivity index (χ3v) is 3.62. The van der Waals surface area contributed by atoms with Crippen LogP contribution in [-0.4, -0.2) is 42.6 Å². The van der Waals surface area contributed by atoms with Crippen LogP contribution >= 0.6 is 0 Å². The molecule has 0 fully saturated rings. The van der Waals surface area contributed by atoms with Gasteiger partial charge in [-0.2, -0.15) is 0 Å². The third-order valence-electron chi connectivity index (χ3n) is 3.62. The van der Waals surface area contributed by atoms with Gasteiger partial charge in [-0.05, 0) is 19.1 Å². The Morgan fingerprint density at radius 1 is 1.04 bits per heavy atom. The molecule has 0 bridgehead atoms. The van der Waals surface area contributed by atoms with Gasteiger partial charge in [0, 0.05) is 11.8 Å². The summed E-state index contributed by atoms with van der Waals surface area (Å²) in [4.78, 5) is 19.5. The molecule has 2 aromatic carbocycles. The molecular weight excluding hydrogens is 302 g/mol. The minimum atomic E-state index is -1.26. The molecule has 5 N–H and O–H groups in total. The van der Waals surface area contributed by atoms with Gasteiger partial charge in [0.05, 0.1) is 11.1 Å². The number of carbonyl (C=O) groups is 1. The average Bonchev–Trinajstić information content (AvgIpc) is 2.52. The monoisotopic (exact) mass is 313 g/mol. The van der Waals surface area contributed by atoms with Gasteiger partial charge < -0.3 is 25.8 Å². The lowest BCUT2D eigenvalue weighted by Gasteiger charge is -2.12. The highest BCUT2D eigenvalue weighted by Crippen LogP contribution is 2.38. The van der Waals surface area contributed by atoms with E-state index in [9.17, 15) is 25.2 Å². The SMILES string of the molecule is Cc1c(O)c(C=N)c2nc3c(O)ccc(C(=O)O)c3nc2c1O. The molecule has 0 aliphatic heterocycles. The number of aromatic nitrogens is 2. The maximum Gasteiger partial charge on any atom is 0.337 e. The molecule has 8 nitrogen and oxygen atoms in total. The summed E-state index contributed by atoms with van der Waals surface area (Å²) in [5, 5.41) is 46.8. The zero-order valence-electron chi connectivity index (χ0n) is 11.8. The van der Waals surface area contributed by atoms with Gasteiger partial charge >= 0.3 is 5.97 Å². The summed E-state index contributed by atoms with van der Waals surface area (Å²) < 4.78 is 0. The van der Waals surface area contributed by atoms with Crippen molar-refractivity contribution in [2.45, 2.75) is 6.92 Å². The highest BCUT2D eigenvalue weighted by Gasteiger charge is 2.21. The van der Waals surface area contributed by atoms with E-state index in [2.05, 4.69) is 9.97 Å². The summed E-state index contributed by atoms with van der Waals surface area (Å²) in [6.07, 6.45) is 0.850. The number of phenolic OH excluding ortho intramolecular Hbond substituents is 3. The lowest BCUT2D eigenvalue weighted by molar-refractivity contribution is 0.0699. The van der Waals surface area contributed by atoms with Crippen LogP contribution in [-0.2, 0) is 0 Å². The fraction of sp³-hybridized carbons (Fsp3) is 0.0667. The van der Waals surface area contributed by atoms with E-state index in [-0.39, 0.29) is 56.0 Å². The number of aromatic carboxylic acids is 1. The van der Waals surface area contributed by atoms with Gasteiger partial charge in [-0.15, -0.1) is 0 Å². The number of benzene rings is 2. The summed E-state index contributed by atoms with van der Waals surface area (Å²) in [5.41, 5.74) is -0.324. The van der Waals surface area contributed by atoms with Gasteiger partial charge in [-0.3, -0.25) is 0 Å². The van der Waals surface area contributed by atoms with Crippen LogP contribution in [0.2, 0.25) is 0 Å². The van der Waals surface area contributed by atoms with E-state index >= 15 is 0 Å². The molecule has 23 heavy (non-hydrogen) atoms. The standard InChI is InChI=1S/C15H11N3O5/c1-5-13(20)7(4-16)10-12(14(5)21)18-9-6(15(22)23)2-3-8(19)11(9)17-10/h2-4,16,19-21H,1H3,(H,22,23). The van der Waals surface area contributed by atoms with E-state index in [4.69, 9.17) is 5.41 Å². The van der Waals surface area contributed by atoms with Gasteiger partial charge in [0.2, 0.25) is 0 Å². The minimum Gasteiger partial charge on any atom is -0.507 e. The molecule has 8 heteroatoms. The van der Waals surface area contributed by atoms with E-state index in [1.807, 2.05) is 0 Å². The molecule has 0 amide bonds. The van der Waals surface area contributed by atoms with Crippen LogP contribution in [0.25, 0.3) is 22.1 Å². The number of hydrogen-bond donors (Lipinski definition) is 5. The molecule has 3 aromatic rings. The number of nitrogens with one attached hydrogen (secondary N) is 1. The number of aromatic hydroxyl groups is 3. The molecule has 0 saturated carbocycles. The first-order valence-electron chi connectivity index (χ1n) is 6.48. The Labute approximate surface area is 128 Å². The molecule has 0 saturated heterocycles. The summed E-state index contributed by atoms with van der Waals surface area (Å²) in [5.74, 6) is -2.24. The minimum absolute atomic E-state index is 0.00839. The molecule has 0 aliphatic rings. The quantitative estimate of drug-likeness (QED) is 0.358. The number of rotatable bonds is 2. The van der Waals surface area contributed by atoms with Crippen LogP contribution in [0.15, 0.2) is 12.1 Å². The summed E-state index contributed by atoms with van der Waals surface area (Å²) >= 11 is 0. The molecule has 116 valence electrons. The first-order valence-corrected chi connectivity index (χ1v) is 6.48. The lowest BCUT2D eigenvalue weighted by atomic mass is 10.0. The second-order valence-corrected chi connectivity index (χ2v) is 4.94. The average molecular weight is 313 g/mol. The lowest BCUT2D eigenvalue weighted by Crippen LogP contribution is -2.02. The molecule has 0 unspecified atom stereocenters. The highest BCUT2D eigenvalue weighted by atomic mass is 16.4. The second kappa shape index (κ2) is 4.80. The van der Waals surface area contributed by atoms with E-state index in [1.165, 1.54) is 19.1 Å². The Hall–Kier alpha value is -3.42. The fourth-order valence-corrected chi connectivity index (χ4v) is 2.39. The topological polar surface area (TPSA) is 148 Å². The van der Waals surface area contributed by atoms with Crippen LogP contribution in [0, 0.1) is 12.3 Å². The van der Waals surface area contributed by atoms with Crippen molar-refractivity contribution in [2.24, 2.45) is 0 Å². The summed E-state index contributed by atoms with van der Waals surface area (Å²) in [6.45, 7) is 1.43. The van der Waals surface area contributed by atoms with Crippen molar-refractivity contribution < 1.29 is 25.2 Å². The van der Waals surface area contributed by atoms with E-state index in [0.717, 1.165) is 6.21 Å². The van der Waals surface area contributed by atoms with Gasteiger partial charge in [0.15, 0.2) is 0 Å². The van der Waals surface area contributed by atoms with Gasteiger partial charge in [-0.25, -0.2) is 14.8 Å². The Kier molecular flexibility index (Phi) is 3.03. The molecular formula is C15H11N3O5. The second-order valence-electron chi connectivity index (χ2n) is 4.94. The zero-order valence-corrected chi connectivity index (χ0v) is 11.8. The predicted octanol–water partition coefficient (Wildman–Crippen LogP) is 1.90. The van der Waals surface area contributed by atoms with Crippen molar-refractivity contribution in [3.8, 4) is 17.2 Å². The molecule has 0 atom stereocenters. The van der Waals surface area contributed by atoms with Crippen molar-refractivity contribution in [3.05, 3.63) is 28.8 Å². The smallest absolute Gasteiger partial charge is 0.337 e. The number of carboxylic acid groups (broad SMARTS) is 1. The number of phenols is 3. The van der Waals surface area contributed by atoms with Crippen LogP contribution in [0.5, 0.6) is 17.2 Å². The van der Waals surface area contributed by atoms with Crippen molar-refractivity contribution in [3.63, 3.8) is 0 Å². The van der Waals surface area contributed by atoms with Crippen molar-refractivity contribution in [2.75, 3.05) is 0 Å². The van der Waals surface area contributed by atoms with Crippen LogP contribution in [0.4, 0.5) is 0 Å². The number of nitrogens with zero attached hydrogens (tertiary/aromatic N) is 2. The van der Waals surface area contributed by atoms with Crippen LogP contribution < -0.4 is 0 Å². The first-order chi connectivity index (χ1) is 10.9. The number of carboxylic acids is 1. The molecule has 0 aliphatic carbocycles.